The van der Waals surface area contributed by atoms with E-state index >= 15 is 0 Å². The van der Waals surface area contributed by atoms with Gasteiger partial charge in [0.25, 0.3) is 5.91 Å². The first-order valence-electron chi connectivity index (χ1n) is 6.25. The highest BCUT2D eigenvalue weighted by Crippen LogP contribution is 2.19. The molecule has 6 heteroatoms. The van der Waals surface area contributed by atoms with E-state index in [0.717, 1.165) is 0 Å². The zero-order valence-corrected chi connectivity index (χ0v) is 11.9. The first kappa shape index (κ1) is 15.3. The molecule has 0 fully saturated rings. The molecule has 21 heavy (non-hydrogen) atoms. The van der Waals surface area contributed by atoms with Gasteiger partial charge in [0.1, 0.15) is 11.6 Å². The first-order valence-corrected chi connectivity index (χ1v) is 6.63. The van der Waals surface area contributed by atoms with Crippen molar-refractivity contribution < 1.29 is 13.9 Å². The molecule has 0 atom stereocenters. The molecule has 0 bridgehead atoms. The number of rotatable bonds is 5. The number of hydrogen-bond donors (Lipinski definition) is 2. The zero-order chi connectivity index (χ0) is 15.2. The fourth-order valence-electron chi connectivity index (χ4n) is 1.75. The molecule has 2 aromatic carbocycles. The normalized spacial score (nSPS) is 10.2. The lowest BCUT2D eigenvalue weighted by molar-refractivity contribution is -0.118. The maximum atomic E-state index is 13.1. The first-order chi connectivity index (χ1) is 10.1. The molecule has 3 N–H and O–H groups in total. The minimum absolute atomic E-state index is 0.128. The van der Waals surface area contributed by atoms with Gasteiger partial charge >= 0.3 is 0 Å². The molecule has 0 unspecified atom stereocenters. The van der Waals surface area contributed by atoms with Crippen molar-refractivity contribution in [2.75, 3.05) is 11.9 Å². The molecule has 110 valence electrons. The van der Waals surface area contributed by atoms with Crippen molar-refractivity contribution in [3.8, 4) is 5.75 Å². The van der Waals surface area contributed by atoms with Gasteiger partial charge in [-0.05, 0) is 36.4 Å². The number of amides is 1. The predicted molar refractivity (Wildman–Crippen MR) is 79.9 cm³/mol. The largest absolute Gasteiger partial charge is 0.483 e. The third kappa shape index (κ3) is 4.44. The number of carbonyl (C=O) groups is 1. The highest BCUT2D eigenvalue weighted by atomic mass is 35.5. The molecule has 2 aromatic rings. The number of hydrogen-bond acceptors (Lipinski definition) is 3. The van der Waals surface area contributed by atoms with Gasteiger partial charge in [-0.1, -0.05) is 17.7 Å². The predicted octanol–water partition coefficient (Wildman–Crippen LogP) is 2.96. The van der Waals surface area contributed by atoms with Gasteiger partial charge in [0.05, 0.1) is 0 Å². The van der Waals surface area contributed by atoms with Crippen LogP contribution in [0.4, 0.5) is 10.1 Å². The standard InChI is InChI=1S/C15H14ClFN2O2/c16-11-2-1-3-13(7-11)19-15(20)9-21-14-5-4-12(17)6-10(14)8-18/h1-7H,8-9,18H2,(H,19,20). The van der Waals surface area contributed by atoms with Crippen LogP contribution in [-0.4, -0.2) is 12.5 Å². The van der Waals surface area contributed by atoms with Crippen LogP contribution in [0.3, 0.4) is 0 Å². The lowest BCUT2D eigenvalue weighted by atomic mass is 10.2. The summed E-state index contributed by atoms with van der Waals surface area (Å²) in [5.41, 5.74) is 6.59. The number of carbonyl (C=O) groups excluding carboxylic acids is 1. The van der Waals surface area contributed by atoms with Crippen LogP contribution < -0.4 is 15.8 Å². The number of ether oxygens (including phenoxy) is 1. The van der Waals surface area contributed by atoms with Crippen LogP contribution >= 0.6 is 11.6 Å². The third-order valence-corrected chi connectivity index (χ3v) is 2.94. The van der Waals surface area contributed by atoms with E-state index in [0.29, 0.717) is 22.0 Å². The SMILES string of the molecule is NCc1cc(F)ccc1OCC(=O)Nc1cccc(Cl)c1. The van der Waals surface area contributed by atoms with Gasteiger partial charge in [0, 0.05) is 22.8 Å². The second-order valence-corrected chi connectivity index (χ2v) is 4.74. The fourth-order valence-corrected chi connectivity index (χ4v) is 1.95. The highest BCUT2D eigenvalue weighted by Gasteiger charge is 2.08. The lowest BCUT2D eigenvalue weighted by Gasteiger charge is -2.11. The van der Waals surface area contributed by atoms with Gasteiger partial charge in [0.2, 0.25) is 0 Å². The third-order valence-electron chi connectivity index (χ3n) is 2.71. The van der Waals surface area contributed by atoms with Gasteiger partial charge < -0.3 is 15.8 Å². The Balaban J connectivity index is 1.95. The Bertz CT molecular complexity index is 649. The summed E-state index contributed by atoms with van der Waals surface area (Å²) in [7, 11) is 0. The van der Waals surface area contributed by atoms with Crippen molar-refractivity contribution in [1.29, 1.82) is 0 Å². The number of nitrogens with two attached hydrogens (primary N) is 1. The molecule has 0 aromatic heterocycles. The van der Waals surface area contributed by atoms with Gasteiger partial charge in [-0.3, -0.25) is 4.79 Å². The lowest BCUT2D eigenvalue weighted by Crippen LogP contribution is -2.20. The van der Waals surface area contributed by atoms with Crippen LogP contribution in [0.1, 0.15) is 5.56 Å². The molecule has 0 radical (unpaired) electrons. The Morgan fingerprint density at radius 3 is 2.81 bits per heavy atom. The topological polar surface area (TPSA) is 64.3 Å². The van der Waals surface area contributed by atoms with E-state index < -0.39 is 5.82 Å². The van der Waals surface area contributed by atoms with E-state index in [4.69, 9.17) is 22.1 Å². The number of anilines is 1. The Morgan fingerprint density at radius 1 is 1.29 bits per heavy atom. The van der Waals surface area contributed by atoms with Crippen LogP contribution in [0, 0.1) is 5.82 Å². The Hall–Kier alpha value is -2.11. The quantitative estimate of drug-likeness (QED) is 0.892. The maximum Gasteiger partial charge on any atom is 0.262 e. The summed E-state index contributed by atoms with van der Waals surface area (Å²) in [6.45, 7) is -0.0752. The molecule has 0 saturated carbocycles. The maximum absolute atomic E-state index is 13.1. The van der Waals surface area contributed by atoms with Crippen LogP contribution in [-0.2, 0) is 11.3 Å². The summed E-state index contributed by atoms with van der Waals surface area (Å²) in [6, 6.07) is 10.8. The molecule has 2 rings (SSSR count). The molecule has 0 aliphatic heterocycles. The zero-order valence-electron chi connectivity index (χ0n) is 11.1. The van der Waals surface area contributed by atoms with E-state index in [-0.39, 0.29) is 19.1 Å². The van der Waals surface area contributed by atoms with Crippen molar-refractivity contribution >= 4 is 23.2 Å². The summed E-state index contributed by atoms with van der Waals surface area (Å²) in [6.07, 6.45) is 0. The van der Waals surface area contributed by atoms with Gasteiger partial charge in [0.15, 0.2) is 6.61 Å². The van der Waals surface area contributed by atoms with E-state index in [1.54, 1.807) is 24.3 Å². The van der Waals surface area contributed by atoms with Crippen LogP contribution in [0.5, 0.6) is 5.75 Å². The van der Waals surface area contributed by atoms with Gasteiger partial charge in [-0.25, -0.2) is 4.39 Å². The van der Waals surface area contributed by atoms with Crippen molar-refractivity contribution in [3.63, 3.8) is 0 Å². The van der Waals surface area contributed by atoms with E-state index in [2.05, 4.69) is 5.32 Å². The van der Waals surface area contributed by atoms with Crippen LogP contribution in [0.25, 0.3) is 0 Å². The van der Waals surface area contributed by atoms with Crippen LogP contribution in [0.2, 0.25) is 5.02 Å². The molecule has 1 amide bonds. The number of benzene rings is 2. The molecular weight excluding hydrogens is 295 g/mol. The highest BCUT2D eigenvalue weighted by molar-refractivity contribution is 6.30. The molecule has 0 aliphatic rings. The monoisotopic (exact) mass is 308 g/mol. The average Bonchev–Trinajstić information content (AvgIpc) is 2.45. The second kappa shape index (κ2) is 7.06. The van der Waals surface area contributed by atoms with Crippen molar-refractivity contribution in [3.05, 3.63) is 58.9 Å². The van der Waals surface area contributed by atoms with Crippen molar-refractivity contribution in [2.45, 2.75) is 6.54 Å². The molecule has 0 aliphatic carbocycles. The summed E-state index contributed by atoms with van der Waals surface area (Å²) in [5.74, 6) is -0.351. The summed E-state index contributed by atoms with van der Waals surface area (Å²) in [4.78, 5) is 11.8. The fraction of sp³-hybridized carbons (Fsp3) is 0.133. The van der Waals surface area contributed by atoms with Crippen molar-refractivity contribution in [1.82, 2.24) is 0 Å². The van der Waals surface area contributed by atoms with E-state index in [1.807, 2.05) is 0 Å². The number of nitrogens with one attached hydrogen (secondary N) is 1. The van der Waals surface area contributed by atoms with E-state index in [1.165, 1.54) is 18.2 Å². The second-order valence-electron chi connectivity index (χ2n) is 4.30. The molecule has 4 nitrogen and oxygen atoms in total. The van der Waals surface area contributed by atoms with Gasteiger partial charge in [-0.2, -0.15) is 0 Å². The van der Waals surface area contributed by atoms with Gasteiger partial charge in [-0.15, -0.1) is 0 Å². The van der Waals surface area contributed by atoms with Crippen molar-refractivity contribution in [2.24, 2.45) is 5.73 Å². The van der Waals surface area contributed by atoms with E-state index in [9.17, 15) is 9.18 Å². The summed E-state index contributed by atoms with van der Waals surface area (Å²) >= 11 is 5.82. The molecule has 0 heterocycles. The summed E-state index contributed by atoms with van der Waals surface area (Å²) < 4.78 is 18.4. The number of halogens is 2. The smallest absolute Gasteiger partial charge is 0.262 e. The summed E-state index contributed by atoms with van der Waals surface area (Å²) in [5, 5.41) is 3.17. The minimum Gasteiger partial charge on any atom is -0.483 e. The molecular formula is C15H14ClFN2O2. The molecule has 0 spiro atoms. The minimum atomic E-state index is -0.397. The Morgan fingerprint density at radius 2 is 2.10 bits per heavy atom. The van der Waals surface area contributed by atoms with Crippen LogP contribution in [0.15, 0.2) is 42.5 Å². The Kier molecular flexibility index (Phi) is 5.14. The molecule has 0 saturated heterocycles. The Labute approximate surface area is 126 Å². The average molecular weight is 309 g/mol.